The molecule has 0 bridgehead atoms. The van der Waals surface area contributed by atoms with E-state index in [9.17, 15) is 4.79 Å². The summed E-state index contributed by atoms with van der Waals surface area (Å²) in [4.78, 5) is 27.8. The largest absolute Gasteiger partial charge is 0.338 e. The lowest BCUT2D eigenvalue weighted by Gasteiger charge is -2.31. The van der Waals surface area contributed by atoms with Crippen molar-refractivity contribution in [1.82, 2.24) is 19.9 Å². The molecule has 0 aliphatic carbocycles. The summed E-state index contributed by atoms with van der Waals surface area (Å²) >= 11 is 0. The standard InChI is InChI=1S/C26H27N5O/c1-18-6-4-8-22(27-18)17-31-15-5-7-20(16-31)26(32)28-21-13-11-19(12-14-21)25-29-23-9-2-3-10-24(23)30-25/h2-4,6,8-14,20H,5,7,15-17H2,1H3,(H,28,32)(H,29,30). The molecular weight excluding hydrogens is 398 g/mol. The number of imidazole rings is 1. The SMILES string of the molecule is Cc1cccc(CN2CCCC(C(=O)Nc3ccc(-c4nc5ccccc5[nH]4)cc3)C2)n1. The second-order valence-corrected chi connectivity index (χ2v) is 8.51. The molecule has 3 heterocycles. The molecule has 2 N–H and O–H groups in total. The van der Waals surface area contributed by atoms with E-state index >= 15 is 0 Å². The Labute approximate surface area is 187 Å². The molecule has 6 nitrogen and oxygen atoms in total. The average Bonchev–Trinajstić information content (AvgIpc) is 3.24. The number of likely N-dealkylation sites (tertiary alicyclic amines) is 1. The Balaban J connectivity index is 1.21. The number of hydrogen-bond acceptors (Lipinski definition) is 4. The molecule has 2 aromatic heterocycles. The summed E-state index contributed by atoms with van der Waals surface area (Å²) < 4.78 is 0. The Morgan fingerprint density at radius 3 is 2.72 bits per heavy atom. The fourth-order valence-corrected chi connectivity index (χ4v) is 4.38. The lowest BCUT2D eigenvalue weighted by atomic mass is 9.96. The zero-order valence-corrected chi connectivity index (χ0v) is 18.2. The summed E-state index contributed by atoms with van der Waals surface area (Å²) in [6.07, 6.45) is 1.94. The van der Waals surface area contributed by atoms with E-state index in [0.29, 0.717) is 0 Å². The molecule has 1 amide bonds. The number of carbonyl (C=O) groups is 1. The van der Waals surface area contributed by atoms with Crippen LogP contribution in [0.4, 0.5) is 5.69 Å². The molecule has 0 spiro atoms. The van der Waals surface area contributed by atoms with Gasteiger partial charge in [-0.25, -0.2) is 4.98 Å². The summed E-state index contributed by atoms with van der Waals surface area (Å²) in [5, 5.41) is 3.10. The number of anilines is 1. The number of benzene rings is 2. The number of fused-ring (bicyclic) bond motifs is 1. The Bertz CT molecular complexity index is 1200. The van der Waals surface area contributed by atoms with Gasteiger partial charge in [0.2, 0.25) is 5.91 Å². The third-order valence-electron chi connectivity index (χ3n) is 6.02. The minimum absolute atomic E-state index is 0.0105. The molecule has 0 radical (unpaired) electrons. The summed E-state index contributed by atoms with van der Waals surface area (Å²) in [7, 11) is 0. The number of nitrogens with one attached hydrogen (secondary N) is 2. The van der Waals surface area contributed by atoms with Crippen molar-refractivity contribution < 1.29 is 4.79 Å². The van der Waals surface area contributed by atoms with Gasteiger partial charge in [0.15, 0.2) is 0 Å². The van der Waals surface area contributed by atoms with Gasteiger partial charge in [0.05, 0.1) is 22.6 Å². The first kappa shape index (κ1) is 20.4. The van der Waals surface area contributed by atoms with Crippen LogP contribution in [0.5, 0.6) is 0 Å². The van der Waals surface area contributed by atoms with Gasteiger partial charge in [0.1, 0.15) is 5.82 Å². The minimum atomic E-state index is -0.0105. The molecule has 6 heteroatoms. The molecule has 32 heavy (non-hydrogen) atoms. The Morgan fingerprint density at radius 2 is 1.91 bits per heavy atom. The molecular formula is C26H27N5O. The van der Waals surface area contributed by atoms with E-state index in [0.717, 1.165) is 72.0 Å². The summed E-state index contributed by atoms with van der Waals surface area (Å²) in [6.45, 7) is 4.57. The number of carbonyl (C=O) groups excluding carboxylic acids is 1. The molecule has 0 saturated carbocycles. The van der Waals surface area contributed by atoms with Gasteiger partial charge in [0, 0.05) is 30.0 Å². The number of H-pyrrole nitrogens is 1. The fourth-order valence-electron chi connectivity index (χ4n) is 4.38. The Morgan fingerprint density at radius 1 is 1.06 bits per heavy atom. The quantitative estimate of drug-likeness (QED) is 0.482. The monoisotopic (exact) mass is 425 g/mol. The average molecular weight is 426 g/mol. The highest BCUT2D eigenvalue weighted by atomic mass is 16.1. The maximum Gasteiger partial charge on any atom is 0.228 e. The van der Waals surface area contributed by atoms with Crippen molar-refractivity contribution in [3.8, 4) is 11.4 Å². The summed E-state index contributed by atoms with van der Waals surface area (Å²) in [6, 6.07) is 22.0. The van der Waals surface area contributed by atoms with E-state index in [2.05, 4.69) is 31.2 Å². The maximum atomic E-state index is 12.9. The second-order valence-electron chi connectivity index (χ2n) is 8.51. The van der Waals surface area contributed by atoms with Crippen molar-refractivity contribution in [2.24, 2.45) is 5.92 Å². The molecule has 162 valence electrons. The number of para-hydroxylation sites is 2. The lowest BCUT2D eigenvalue weighted by Crippen LogP contribution is -2.40. The van der Waals surface area contributed by atoms with Crippen LogP contribution in [0.2, 0.25) is 0 Å². The van der Waals surface area contributed by atoms with Crippen LogP contribution in [-0.4, -0.2) is 38.8 Å². The van der Waals surface area contributed by atoms with Gasteiger partial charge < -0.3 is 10.3 Å². The van der Waals surface area contributed by atoms with Crippen molar-refractivity contribution in [1.29, 1.82) is 0 Å². The van der Waals surface area contributed by atoms with Gasteiger partial charge in [-0.2, -0.15) is 0 Å². The van der Waals surface area contributed by atoms with Gasteiger partial charge in [0.25, 0.3) is 0 Å². The third kappa shape index (κ3) is 4.55. The molecule has 1 saturated heterocycles. The van der Waals surface area contributed by atoms with Gasteiger partial charge in [-0.3, -0.25) is 14.7 Å². The molecule has 1 aliphatic rings. The number of piperidine rings is 1. The van der Waals surface area contributed by atoms with Crippen molar-refractivity contribution in [2.45, 2.75) is 26.3 Å². The molecule has 1 aliphatic heterocycles. The molecule has 1 atom stereocenters. The molecule has 5 rings (SSSR count). The van der Waals surface area contributed by atoms with E-state index in [1.807, 2.05) is 67.6 Å². The van der Waals surface area contributed by atoms with Crippen LogP contribution in [-0.2, 0) is 11.3 Å². The van der Waals surface area contributed by atoms with E-state index in [4.69, 9.17) is 0 Å². The smallest absolute Gasteiger partial charge is 0.228 e. The van der Waals surface area contributed by atoms with Gasteiger partial charge in [-0.1, -0.05) is 18.2 Å². The number of aromatic amines is 1. The number of nitrogens with zero attached hydrogens (tertiary/aromatic N) is 3. The molecule has 4 aromatic rings. The van der Waals surface area contributed by atoms with Crippen LogP contribution >= 0.6 is 0 Å². The number of aromatic nitrogens is 3. The normalized spacial score (nSPS) is 16.8. The number of pyridine rings is 1. The third-order valence-corrected chi connectivity index (χ3v) is 6.02. The fraction of sp³-hybridized carbons (Fsp3) is 0.269. The number of rotatable bonds is 5. The predicted molar refractivity (Wildman–Crippen MR) is 127 cm³/mol. The first-order valence-corrected chi connectivity index (χ1v) is 11.1. The van der Waals surface area contributed by atoms with Crippen LogP contribution in [0, 0.1) is 12.8 Å². The van der Waals surface area contributed by atoms with Crippen LogP contribution in [0.25, 0.3) is 22.4 Å². The van der Waals surface area contributed by atoms with Crippen molar-refractivity contribution in [2.75, 3.05) is 18.4 Å². The van der Waals surface area contributed by atoms with Crippen molar-refractivity contribution in [3.63, 3.8) is 0 Å². The number of aryl methyl sites for hydroxylation is 1. The van der Waals surface area contributed by atoms with E-state index < -0.39 is 0 Å². The molecule has 2 aromatic carbocycles. The topological polar surface area (TPSA) is 73.9 Å². The summed E-state index contributed by atoms with van der Waals surface area (Å²) in [5.74, 6) is 0.906. The first-order chi connectivity index (χ1) is 15.6. The first-order valence-electron chi connectivity index (χ1n) is 11.1. The highest BCUT2D eigenvalue weighted by Gasteiger charge is 2.26. The predicted octanol–water partition coefficient (Wildman–Crippen LogP) is 4.78. The van der Waals surface area contributed by atoms with Crippen molar-refractivity contribution >= 4 is 22.6 Å². The highest BCUT2D eigenvalue weighted by molar-refractivity contribution is 5.93. The van der Waals surface area contributed by atoms with Crippen molar-refractivity contribution in [3.05, 3.63) is 78.1 Å². The van der Waals surface area contributed by atoms with Gasteiger partial charge in [-0.05, 0) is 74.8 Å². The second kappa shape index (κ2) is 8.93. The zero-order chi connectivity index (χ0) is 21.9. The Hall–Kier alpha value is -3.51. The van der Waals surface area contributed by atoms with Gasteiger partial charge in [-0.15, -0.1) is 0 Å². The van der Waals surface area contributed by atoms with E-state index in [1.54, 1.807) is 0 Å². The number of hydrogen-bond donors (Lipinski definition) is 2. The lowest BCUT2D eigenvalue weighted by molar-refractivity contribution is -0.121. The van der Waals surface area contributed by atoms with E-state index in [1.165, 1.54) is 0 Å². The van der Waals surface area contributed by atoms with Crippen LogP contribution in [0.15, 0.2) is 66.7 Å². The van der Waals surface area contributed by atoms with Gasteiger partial charge >= 0.3 is 0 Å². The number of amides is 1. The maximum absolute atomic E-state index is 12.9. The molecule has 1 unspecified atom stereocenters. The molecule has 1 fully saturated rings. The van der Waals surface area contributed by atoms with Crippen LogP contribution in [0.3, 0.4) is 0 Å². The van der Waals surface area contributed by atoms with Crippen LogP contribution < -0.4 is 5.32 Å². The van der Waals surface area contributed by atoms with Crippen LogP contribution in [0.1, 0.15) is 24.2 Å². The summed E-state index contributed by atoms with van der Waals surface area (Å²) in [5.41, 5.74) is 5.86. The Kier molecular flexibility index (Phi) is 5.69. The highest BCUT2D eigenvalue weighted by Crippen LogP contribution is 2.24. The minimum Gasteiger partial charge on any atom is -0.338 e. The van der Waals surface area contributed by atoms with E-state index in [-0.39, 0.29) is 11.8 Å². The zero-order valence-electron chi connectivity index (χ0n) is 18.2.